The highest BCUT2D eigenvalue weighted by Gasteiger charge is 2.49. The van der Waals surface area contributed by atoms with Gasteiger partial charge in [-0.05, 0) is 0 Å². The summed E-state index contributed by atoms with van der Waals surface area (Å²) in [5, 5.41) is 10.5. The molecule has 3 rings (SSSR count). The zero-order valence-corrected chi connectivity index (χ0v) is 17.5. The van der Waals surface area contributed by atoms with Gasteiger partial charge in [-0.1, -0.05) is 4.98 Å². The molecule has 0 saturated carbocycles. The number of rotatable bonds is 7. The minimum absolute atomic E-state index is 0.139. The monoisotopic (exact) mass is 466 g/mol. The fourth-order valence-electron chi connectivity index (χ4n) is 3.13. The zero-order valence-electron chi connectivity index (χ0n) is 15.7. The number of methoxy groups -OCH3 is 1. The Hall–Kier alpha value is -1.61. The SMILES string of the molecule is [B]P(=O)(O)OP(=O)(O)OC[C@H]1O[C@@H]([n+]2cn(C)c3c(=O)[nH]c(N)nc32)[C@@H](OC)C1O. The van der Waals surface area contributed by atoms with Gasteiger partial charge in [-0.15, -0.1) is 0 Å². The van der Waals surface area contributed by atoms with Gasteiger partial charge in [-0.2, -0.15) is 0 Å². The van der Waals surface area contributed by atoms with E-state index in [9.17, 15) is 23.9 Å². The molecule has 6 atom stereocenters. The fraction of sp³-hybridized carbons (Fsp3) is 0.583. The summed E-state index contributed by atoms with van der Waals surface area (Å²) in [6, 6.07) is 0. The fourth-order valence-corrected chi connectivity index (χ4v) is 4.84. The number of hydrogen-bond donors (Lipinski definition) is 5. The normalized spacial score (nSPS) is 28.4. The van der Waals surface area contributed by atoms with Gasteiger partial charge in [0.2, 0.25) is 19.3 Å². The van der Waals surface area contributed by atoms with Crippen LogP contribution in [0.15, 0.2) is 11.1 Å². The number of nitrogens with one attached hydrogen (secondary N) is 1. The topological polar surface area (TPSA) is 212 Å². The predicted molar refractivity (Wildman–Crippen MR) is 99.1 cm³/mol. The first-order valence-corrected chi connectivity index (χ1v) is 11.4. The minimum Gasteiger partial charge on any atom is -0.387 e. The number of nitrogens with zero attached hydrogens (tertiary/aromatic N) is 3. The second kappa shape index (κ2) is 8.15. The van der Waals surface area contributed by atoms with E-state index in [1.165, 1.54) is 22.6 Å². The van der Waals surface area contributed by atoms with E-state index < -0.39 is 52.0 Å². The number of aromatic nitrogens is 4. The third kappa shape index (κ3) is 4.67. The van der Waals surface area contributed by atoms with Crippen LogP contribution in [-0.4, -0.2) is 69.0 Å². The van der Waals surface area contributed by atoms with Crippen molar-refractivity contribution in [2.45, 2.75) is 24.5 Å². The highest BCUT2D eigenvalue weighted by Crippen LogP contribution is 2.57. The minimum atomic E-state index is -5.02. The van der Waals surface area contributed by atoms with E-state index in [2.05, 4.69) is 26.4 Å². The number of ether oxygens (including phenoxy) is 2. The van der Waals surface area contributed by atoms with E-state index in [4.69, 9.17) is 20.1 Å². The van der Waals surface area contributed by atoms with Crippen molar-refractivity contribution in [3.8, 4) is 0 Å². The molecular weight excluding hydrogens is 447 g/mol. The number of nitrogen functional groups attached to an aromatic ring is 1. The Bertz CT molecular complexity index is 1100. The molecule has 0 aliphatic carbocycles. The molecule has 0 spiro atoms. The summed E-state index contributed by atoms with van der Waals surface area (Å²) in [5.41, 5.74) is 5.42. The van der Waals surface area contributed by atoms with Crippen LogP contribution in [0.4, 0.5) is 5.95 Å². The second-order valence-electron chi connectivity index (χ2n) is 6.42. The average molecular weight is 466 g/mol. The van der Waals surface area contributed by atoms with E-state index in [-0.39, 0.29) is 17.1 Å². The van der Waals surface area contributed by atoms with Gasteiger partial charge in [0.1, 0.15) is 18.3 Å². The standard InChI is InChI=1S/C12H18BN5O10P2/c1-17-4-18(9-6(17)10(20)16-12(14)15-9)11-8(25-2)7(19)5(27-11)3-26-30(23,24)28-29(13,21)22/h4-5,7-8,11,19H,3H2,1-2H3,(H4-,14,15,16,20,21,22,23,24)/p+1/t5-,7?,8+,11-/m1/s1. The molecule has 2 aromatic rings. The summed E-state index contributed by atoms with van der Waals surface area (Å²) < 4.78 is 45.0. The Balaban J connectivity index is 1.88. The van der Waals surface area contributed by atoms with Crippen LogP contribution in [0.1, 0.15) is 6.23 Å². The molecule has 2 aromatic heterocycles. The highest BCUT2D eigenvalue weighted by molar-refractivity contribution is 7.82. The van der Waals surface area contributed by atoms with Gasteiger partial charge in [0, 0.05) is 7.11 Å². The molecule has 1 saturated heterocycles. The number of fused-ring (bicyclic) bond motifs is 1. The summed E-state index contributed by atoms with van der Waals surface area (Å²) in [6.45, 7) is -0.715. The van der Waals surface area contributed by atoms with E-state index >= 15 is 0 Å². The molecule has 1 aliphatic rings. The average Bonchev–Trinajstić information content (AvgIpc) is 3.07. The summed E-state index contributed by atoms with van der Waals surface area (Å²) >= 11 is 0. The van der Waals surface area contributed by atoms with Crippen molar-refractivity contribution < 1.29 is 46.9 Å². The largest absolute Gasteiger partial charge is 0.478 e. The first-order chi connectivity index (χ1) is 13.8. The summed E-state index contributed by atoms with van der Waals surface area (Å²) in [6.07, 6.45) is -3.15. The maximum Gasteiger partial charge on any atom is 0.478 e. The first kappa shape index (κ1) is 23.1. The molecule has 6 N–H and O–H groups in total. The van der Waals surface area contributed by atoms with Gasteiger partial charge >= 0.3 is 13.5 Å². The molecule has 30 heavy (non-hydrogen) atoms. The van der Waals surface area contributed by atoms with Gasteiger partial charge in [-0.25, -0.2) is 13.4 Å². The van der Waals surface area contributed by atoms with Crippen LogP contribution >= 0.6 is 15.3 Å². The lowest BCUT2D eigenvalue weighted by Gasteiger charge is -2.18. The Morgan fingerprint density at radius 1 is 1.47 bits per heavy atom. The van der Waals surface area contributed by atoms with Crippen molar-refractivity contribution in [2.24, 2.45) is 7.05 Å². The first-order valence-electron chi connectivity index (χ1n) is 8.25. The van der Waals surface area contributed by atoms with Crippen LogP contribution in [0.5, 0.6) is 0 Å². The second-order valence-corrected chi connectivity index (χ2v) is 9.40. The third-order valence-corrected chi connectivity index (χ3v) is 6.51. The number of aliphatic hydroxyl groups is 1. The molecule has 15 nitrogen and oxygen atoms in total. The van der Waals surface area contributed by atoms with Gasteiger partial charge in [0.25, 0.3) is 19.0 Å². The van der Waals surface area contributed by atoms with Crippen LogP contribution in [0.3, 0.4) is 0 Å². The van der Waals surface area contributed by atoms with Gasteiger partial charge < -0.3 is 30.1 Å². The van der Waals surface area contributed by atoms with E-state index in [1.54, 1.807) is 7.05 Å². The van der Waals surface area contributed by atoms with Crippen molar-refractivity contribution in [3.05, 3.63) is 16.7 Å². The number of imidazole rings is 1. The van der Waals surface area contributed by atoms with E-state index in [0.717, 1.165) is 0 Å². The molecule has 0 bridgehead atoms. The van der Waals surface area contributed by atoms with Crippen LogP contribution in [-0.2, 0) is 34.5 Å². The van der Waals surface area contributed by atoms with Gasteiger partial charge in [0.15, 0.2) is 6.33 Å². The van der Waals surface area contributed by atoms with Crippen LogP contribution < -0.4 is 15.9 Å². The summed E-state index contributed by atoms with van der Waals surface area (Å²) in [4.78, 5) is 37.0. The maximum absolute atomic E-state index is 12.2. The molecule has 0 amide bonds. The van der Waals surface area contributed by atoms with Gasteiger partial charge in [-0.3, -0.25) is 23.4 Å². The predicted octanol–water partition coefficient (Wildman–Crippen LogP) is -2.19. The lowest BCUT2D eigenvalue weighted by atomic mass is 10.1. The van der Waals surface area contributed by atoms with Crippen molar-refractivity contribution in [2.75, 3.05) is 19.5 Å². The summed E-state index contributed by atoms with van der Waals surface area (Å²) in [7, 11) is -2.26. The number of H-pyrrole nitrogens is 1. The number of nitrogens with two attached hydrogens (primary N) is 1. The smallest absolute Gasteiger partial charge is 0.387 e. The lowest BCUT2D eigenvalue weighted by Crippen LogP contribution is -2.47. The number of aryl methyl sites for hydroxylation is 1. The number of phosphoric acid groups is 1. The molecule has 3 unspecified atom stereocenters. The van der Waals surface area contributed by atoms with Crippen LogP contribution in [0.25, 0.3) is 11.2 Å². The lowest BCUT2D eigenvalue weighted by molar-refractivity contribution is -0.746. The maximum atomic E-state index is 12.2. The molecule has 1 aliphatic heterocycles. The van der Waals surface area contributed by atoms with Crippen molar-refractivity contribution >= 4 is 40.0 Å². The summed E-state index contributed by atoms with van der Waals surface area (Å²) in [5.74, 6) is -0.145. The molecule has 18 heteroatoms. The Kier molecular flexibility index (Phi) is 6.27. The zero-order chi connectivity index (χ0) is 22.4. The quantitative estimate of drug-likeness (QED) is 0.167. The van der Waals surface area contributed by atoms with Crippen molar-refractivity contribution in [1.29, 1.82) is 0 Å². The molecule has 0 aromatic carbocycles. The van der Waals surface area contributed by atoms with Crippen LogP contribution in [0.2, 0.25) is 0 Å². The Morgan fingerprint density at radius 2 is 2.13 bits per heavy atom. The van der Waals surface area contributed by atoms with Crippen LogP contribution in [0, 0.1) is 0 Å². The number of hydrogen-bond acceptors (Lipinski definition) is 10. The molecule has 1 fully saturated rings. The number of phosphoric ester groups is 1. The number of anilines is 1. The van der Waals surface area contributed by atoms with E-state index in [1.807, 2.05) is 0 Å². The van der Waals surface area contributed by atoms with Gasteiger partial charge in [0.05, 0.1) is 13.7 Å². The van der Waals surface area contributed by atoms with Crippen molar-refractivity contribution in [1.82, 2.24) is 14.5 Å². The highest BCUT2D eigenvalue weighted by atomic mass is 31.3. The molecule has 3 heterocycles. The molecular formula is C12H19BN5O10P2+. The number of aromatic amines is 1. The molecule has 2 radical (unpaired) electrons. The Morgan fingerprint density at radius 3 is 2.73 bits per heavy atom. The number of aliphatic hydroxyl groups excluding tert-OH is 1. The van der Waals surface area contributed by atoms with E-state index in [0.29, 0.717) is 0 Å². The Labute approximate surface area is 169 Å². The third-order valence-electron chi connectivity index (χ3n) is 4.27. The van der Waals surface area contributed by atoms with Crippen molar-refractivity contribution in [3.63, 3.8) is 0 Å². The molecule has 164 valence electrons.